The predicted molar refractivity (Wildman–Crippen MR) is 76.5 cm³/mol. The van der Waals surface area contributed by atoms with Crippen molar-refractivity contribution in [3.05, 3.63) is 0 Å². The first-order chi connectivity index (χ1) is 9.72. The van der Waals surface area contributed by atoms with E-state index in [4.69, 9.17) is 9.47 Å². The summed E-state index contributed by atoms with van der Waals surface area (Å²) >= 11 is 0. The molecule has 0 aromatic rings. The van der Waals surface area contributed by atoms with Crippen LogP contribution in [-0.2, 0) is 14.3 Å². The average molecular weight is 281 g/mol. The molecule has 3 aliphatic rings. The molecule has 4 nitrogen and oxygen atoms in total. The standard InChI is InChI=1S/C16H27NO3/c1-19-15(18)12-17(13-5-2-3-6-13)14-7-10-20-16(11-14)8-4-9-16/h13-14H,2-12H2,1H3. The number of carbonyl (C=O) groups excluding carboxylic acids is 1. The highest BCUT2D eigenvalue weighted by Crippen LogP contribution is 2.44. The third kappa shape index (κ3) is 2.86. The molecule has 1 spiro atoms. The number of nitrogens with zero attached hydrogens (tertiary/aromatic N) is 1. The molecule has 2 saturated carbocycles. The van der Waals surface area contributed by atoms with Crippen LogP contribution in [0.15, 0.2) is 0 Å². The van der Waals surface area contributed by atoms with E-state index in [1.165, 1.54) is 52.1 Å². The highest BCUT2D eigenvalue weighted by Gasteiger charge is 2.45. The Morgan fingerprint density at radius 2 is 1.95 bits per heavy atom. The SMILES string of the molecule is COC(=O)CN(C1CCCC1)C1CCOC2(CCC2)C1. The zero-order valence-electron chi connectivity index (χ0n) is 12.6. The summed E-state index contributed by atoms with van der Waals surface area (Å²) in [6, 6.07) is 1.08. The lowest BCUT2D eigenvalue weighted by Gasteiger charge is -2.50. The zero-order chi connectivity index (χ0) is 14.0. The summed E-state index contributed by atoms with van der Waals surface area (Å²) in [7, 11) is 1.49. The minimum atomic E-state index is -0.0916. The van der Waals surface area contributed by atoms with Gasteiger partial charge in [0, 0.05) is 18.7 Å². The molecule has 2 aliphatic carbocycles. The van der Waals surface area contributed by atoms with Crippen LogP contribution in [0.2, 0.25) is 0 Å². The molecule has 0 radical (unpaired) electrons. The summed E-state index contributed by atoms with van der Waals surface area (Å²) in [5.74, 6) is -0.0916. The molecule has 1 saturated heterocycles. The molecule has 0 aromatic carbocycles. The Morgan fingerprint density at radius 3 is 2.55 bits per heavy atom. The van der Waals surface area contributed by atoms with E-state index in [0.29, 0.717) is 18.6 Å². The summed E-state index contributed by atoms with van der Waals surface area (Å²) in [5.41, 5.74) is 0.149. The van der Waals surface area contributed by atoms with E-state index in [9.17, 15) is 4.79 Å². The first-order valence-corrected chi connectivity index (χ1v) is 8.19. The van der Waals surface area contributed by atoms with Gasteiger partial charge in [0.1, 0.15) is 0 Å². The molecule has 114 valence electrons. The average Bonchev–Trinajstić information content (AvgIpc) is 2.96. The molecule has 0 bridgehead atoms. The molecule has 0 N–H and O–H groups in total. The van der Waals surface area contributed by atoms with Crippen LogP contribution in [0.5, 0.6) is 0 Å². The van der Waals surface area contributed by atoms with E-state index in [-0.39, 0.29) is 11.6 Å². The van der Waals surface area contributed by atoms with Gasteiger partial charge in [-0.1, -0.05) is 12.8 Å². The second-order valence-corrected chi connectivity index (χ2v) is 6.72. The van der Waals surface area contributed by atoms with Gasteiger partial charge in [-0.3, -0.25) is 9.69 Å². The first-order valence-electron chi connectivity index (χ1n) is 8.19. The Kier molecular flexibility index (Phi) is 4.32. The van der Waals surface area contributed by atoms with Crippen molar-refractivity contribution in [1.29, 1.82) is 0 Å². The maximum atomic E-state index is 11.8. The molecule has 3 rings (SSSR count). The van der Waals surface area contributed by atoms with Crippen LogP contribution in [0.25, 0.3) is 0 Å². The molecule has 1 heterocycles. The third-order valence-electron chi connectivity index (χ3n) is 5.53. The lowest BCUT2D eigenvalue weighted by molar-refractivity contribution is -0.159. The van der Waals surface area contributed by atoms with Gasteiger partial charge in [0.15, 0.2) is 0 Å². The number of hydrogen-bond acceptors (Lipinski definition) is 4. The van der Waals surface area contributed by atoms with E-state index in [2.05, 4.69) is 4.90 Å². The van der Waals surface area contributed by atoms with E-state index >= 15 is 0 Å². The smallest absolute Gasteiger partial charge is 0.319 e. The molecular formula is C16H27NO3. The number of ether oxygens (including phenoxy) is 2. The lowest BCUT2D eigenvalue weighted by atomic mass is 9.73. The maximum Gasteiger partial charge on any atom is 0.319 e. The number of methoxy groups -OCH3 is 1. The van der Waals surface area contributed by atoms with E-state index in [0.717, 1.165) is 19.4 Å². The van der Waals surface area contributed by atoms with Crippen molar-refractivity contribution >= 4 is 5.97 Å². The second kappa shape index (κ2) is 6.02. The van der Waals surface area contributed by atoms with Crippen LogP contribution in [0.4, 0.5) is 0 Å². The fourth-order valence-electron chi connectivity index (χ4n) is 4.21. The largest absolute Gasteiger partial charge is 0.468 e. The molecule has 1 aliphatic heterocycles. The Bertz CT molecular complexity index is 348. The lowest BCUT2D eigenvalue weighted by Crippen LogP contribution is -2.55. The van der Waals surface area contributed by atoms with Crippen molar-refractivity contribution in [3.8, 4) is 0 Å². The molecule has 0 aromatic heterocycles. The van der Waals surface area contributed by atoms with Crippen LogP contribution in [-0.4, -0.2) is 48.8 Å². The highest BCUT2D eigenvalue weighted by molar-refractivity contribution is 5.71. The van der Waals surface area contributed by atoms with E-state index in [1.54, 1.807) is 0 Å². The fraction of sp³-hybridized carbons (Fsp3) is 0.938. The van der Waals surface area contributed by atoms with Gasteiger partial charge in [-0.25, -0.2) is 0 Å². The number of hydrogen-bond donors (Lipinski definition) is 0. The van der Waals surface area contributed by atoms with Gasteiger partial charge < -0.3 is 9.47 Å². The van der Waals surface area contributed by atoms with Gasteiger partial charge in [0.25, 0.3) is 0 Å². The summed E-state index contributed by atoms with van der Waals surface area (Å²) < 4.78 is 10.9. The van der Waals surface area contributed by atoms with Gasteiger partial charge in [-0.2, -0.15) is 0 Å². The quantitative estimate of drug-likeness (QED) is 0.742. The summed E-state index contributed by atoms with van der Waals surface area (Å²) in [6.07, 6.45) is 11.0. The van der Waals surface area contributed by atoms with Gasteiger partial charge in [0.2, 0.25) is 0 Å². The van der Waals surface area contributed by atoms with Crippen LogP contribution in [0, 0.1) is 0 Å². The van der Waals surface area contributed by atoms with Crippen LogP contribution >= 0.6 is 0 Å². The van der Waals surface area contributed by atoms with Gasteiger partial charge >= 0.3 is 5.97 Å². The van der Waals surface area contributed by atoms with Gasteiger partial charge in [-0.05, 0) is 44.9 Å². The number of carbonyl (C=O) groups is 1. The maximum absolute atomic E-state index is 11.8. The van der Waals surface area contributed by atoms with E-state index in [1.807, 2.05) is 0 Å². The molecule has 4 heteroatoms. The number of rotatable bonds is 4. The minimum Gasteiger partial charge on any atom is -0.468 e. The fourth-order valence-corrected chi connectivity index (χ4v) is 4.21. The van der Waals surface area contributed by atoms with Crippen molar-refractivity contribution in [2.75, 3.05) is 20.3 Å². The summed E-state index contributed by atoms with van der Waals surface area (Å²) in [6.45, 7) is 1.32. The molecular weight excluding hydrogens is 254 g/mol. The second-order valence-electron chi connectivity index (χ2n) is 6.72. The van der Waals surface area contributed by atoms with Gasteiger partial charge in [-0.15, -0.1) is 0 Å². The molecule has 0 amide bonds. The number of esters is 1. The van der Waals surface area contributed by atoms with Gasteiger partial charge in [0.05, 0.1) is 19.3 Å². The normalized spacial score (nSPS) is 29.6. The Hall–Kier alpha value is -0.610. The van der Waals surface area contributed by atoms with Crippen LogP contribution in [0.1, 0.15) is 57.8 Å². The van der Waals surface area contributed by atoms with Crippen molar-refractivity contribution in [2.45, 2.75) is 75.5 Å². The van der Waals surface area contributed by atoms with Crippen LogP contribution < -0.4 is 0 Å². The first kappa shape index (κ1) is 14.3. The summed E-state index contributed by atoms with van der Waals surface area (Å²) in [4.78, 5) is 14.2. The van der Waals surface area contributed by atoms with Crippen molar-refractivity contribution in [3.63, 3.8) is 0 Å². The Labute approximate surface area is 121 Å². The van der Waals surface area contributed by atoms with Crippen molar-refractivity contribution < 1.29 is 14.3 Å². The van der Waals surface area contributed by atoms with Crippen molar-refractivity contribution in [2.24, 2.45) is 0 Å². The summed E-state index contributed by atoms with van der Waals surface area (Å²) in [5, 5.41) is 0. The highest BCUT2D eigenvalue weighted by atomic mass is 16.5. The Morgan fingerprint density at radius 1 is 1.20 bits per heavy atom. The molecule has 20 heavy (non-hydrogen) atoms. The van der Waals surface area contributed by atoms with Crippen molar-refractivity contribution in [1.82, 2.24) is 4.90 Å². The third-order valence-corrected chi connectivity index (χ3v) is 5.53. The Balaban J connectivity index is 1.68. The zero-order valence-corrected chi connectivity index (χ0v) is 12.6. The molecule has 3 fully saturated rings. The van der Waals surface area contributed by atoms with Crippen LogP contribution in [0.3, 0.4) is 0 Å². The molecule has 1 atom stereocenters. The van der Waals surface area contributed by atoms with E-state index < -0.39 is 0 Å². The molecule has 1 unspecified atom stereocenters. The minimum absolute atomic E-state index is 0.0916. The predicted octanol–water partition coefficient (Wildman–Crippen LogP) is 2.51. The monoisotopic (exact) mass is 281 g/mol. The topological polar surface area (TPSA) is 38.8 Å².